The molecule has 0 saturated carbocycles. The first-order chi connectivity index (χ1) is 4.79. The molecule has 0 aromatic carbocycles. The van der Waals surface area contributed by atoms with Crippen LogP contribution in [0.2, 0.25) is 0 Å². The lowest BCUT2D eigenvalue weighted by Crippen LogP contribution is -2.14. The van der Waals surface area contributed by atoms with E-state index in [0.717, 1.165) is 5.13 Å². The summed E-state index contributed by atoms with van der Waals surface area (Å²) in [5.41, 5.74) is 0. The van der Waals surface area contributed by atoms with Crippen molar-refractivity contribution in [2.75, 3.05) is 11.9 Å². The highest BCUT2D eigenvalue weighted by molar-refractivity contribution is 7.09. The first-order valence-electron chi connectivity index (χ1n) is 2.97. The molecule has 1 atom stereocenters. The van der Waals surface area contributed by atoms with Gasteiger partial charge >= 0.3 is 0 Å². The van der Waals surface area contributed by atoms with E-state index >= 15 is 0 Å². The Hall–Kier alpha value is -0.680. The highest BCUT2D eigenvalue weighted by Crippen LogP contribution is 2.05. The Morgan fingerprint density at radius 3 is 3.20 bits per heavy atom. The van der Waals surface area contributed by atoms with Crippen LogP contribution in [0.4, 0.5) is 5.13 Å². The van der Waals surface area contributed by atoms with E-state index in [1.54, 1.807) is 6.92 Å². The van der Waals surface area contributed by atoms with Gasteiger partial charge in [0.05, 0.1) is 6.10 Å². The molecule has 5 heteroatoms. The van der Waals surface area contributed by atoms with Gasteiger partial charge in [-0.15, -0.1) is 0 Å². The molecule has 1 aromatic rings. The third-order valence-electron chi connectivity index (χ3n) is 0.910. The Morgan fingerprint density at radius 2 is 2.70 bits per heavy atom. The van der Waals surface area contributed by atoms with E-state index in [2.05, 4.69) is 14.7 Å². The van der Waals surface area contributed by atoms with Gasteiger partial charge in [0.15, 0.2) is 0 Å². The minimum atomic E-state index is -0.344. The van der Waals surface area contributed by atoms with Crippen LogP contribution in [0.25, 0.3) is 0 Å². The maximum absolute atomic E-state index is 8.85. The number of rotatable bonds is 3. The number of aliphatic hydroxyl groups is 1. The molecule has 10 heavy (non-hydrogen) atoms. The minimum absolute atomic E-state index is 0.344. The van der Waals surface area contributed by atoms with E-state index in [-0.39, 0.29) is 6.10 Å². The van der Waals surface area contributed by atoms with Crippen molar-refractivity contribution in [1.29, 1.82) is 0 Å². The quantitative estimate of drug-likeness (QED) is 0.667. The highest BCUT2D eigenvalue weighted by Gasteiger charge is 1.96. The van der Waals surface area contributed by atoms with Gasteiger partial charge in [0, 0.05) is 18.1 Å². The third kappa shape index (κ3) is 2.28. The molecule has 0 fully saturated rings. The second-order valence-electron chi connectivity index (χ2n) is 1.98. The summed E-state index contributed by atoms with van der Waals surface area (Å²) in [5, 5.41) is 12.5. The molecule has 1 rings (SSSR count). The van der Waals surface area contributed by atoms with Gasteiger partial charge < -0.3 is 10.4 Å². The molecule has 0 bridgehead atoms. The molecule has 0 radical (unpaired) electrons. The van der Waals surface area contributed by atoms with Gasteiger partial charge in [-0.05, 0) is 6.92 Å². The lowest BCUT2D eigenvalue weighted by molar-refractivity contribution is 0.208. The zero-order chi connectivity index (χ0) is 7.40. The Labute approximate surface area is 63.1 Å². The lowest BCUT2D eigenvalue weighted by Gasteiger charge is -2.02. The van der Waals surface area contributed by atoms with Crippen LogP contribution in [0.15, 0.2) is 6.33 Å². The monoisotopic (exact) mass is 159 g/mol. The molecule has 1 aromatic heterocycles. The van der Waals surface area contributed by atoms with Gasteiger partial charge in [-0.25, -0.2) is 4.98 Å². The maximum Gasteiger partial charge on any atom is 0.202 e. The molecule has 56 valence electrons. The average molecular weight is 159 g/mol. The largest absolute Gasteiger partial charge is 0.392 e. The second-order valence-corrected chi connectivity index (χ2v) is 2.76. The summed E-state index contributed by atoms with van der Waals surface area (Å²) in [4.78, 5) is 3.87. The van der Waals surface area contributed by atoms with Crippen molar-refractivity contribution in [3.63, 3.8) is 0 Å². The Kier molecular flexibility index (Phi) is 2.58. The normalized spacial score (nSPS) is 13.0. The van der Waals surface area contributed by atoms with Gasteiger partial charge in [0.1, 0.15) is 6.33 Å². The Bertz CT molecular complexity index is 175. The van der Waals surface area contributed by atoms with Crippen molar-refractivity contribution >= 4 is 16.7 Å². The van der Waals surface area contributed by atoms with Crippen LogP contribution in [0.5, 0.6) is 0 Å². The summed E-state index contributed by atoms with van der Waals surface area (Å²) in [6, 6.07) is 0. The van der Waals surface area contributed by atoms with E-state index < -0.39 is 0 Å². The molecule has 0 unspecified atom stereocenters. The summed E-state index contributed by atoms with van der Waals surface area (Å²) < 4.78 is 3.79. The predicted molar refractivity (Wildman–Crippen MR) is 40.1 cm³/mol. The average Bonchev–Trinajstić information content (AvgIpc) is 2.34. The first-order valence-corrected chi connectivity index (χ1v) is 3.75. The van der Waals surface area contributed by atoms with Gasteiger partial charge in [-0.1, -0.05) is 0 Å². The fourth-order valence-electron chi connectivity index (χ4n) is 0.486. The van der Waals surface area contributed by atoms with Crippen LogP contribution in [-0.4, -0.2) is 27.1 Å². The summed E-state index contributed by atoms with van der Waals surface area (Å²) in [6.07, 6.45) is 1.14. The van der Waals surface area contributed by atoms with Crippen LogP contribution in [0.1, 0.15) is 6.92 Å². The standard InChI is InChI=1S/C5H9N3OS/c1-4(9)2-6-5-7-3-8-10-5/h3-4,9H,2H2,1H3,(H,6,7,8)/t4-/m0/s1. The number of hydrogen-bond acceptors (Lipinski definition) is 5. The number of anilines is 1. The predicted octanol–water partition coefficient (Wildman–Crippen LogP) is 0.331. The number of nitrogens with one attached hydrogen (secondary N) is 1. The zero-order valence-corrected chi connectivity index (χ0v) is 6.43. The van der Waals surface area contributed by atoms with E-state index in [1.165, 1.54) is 17.9 Å². The van der Waals surface area contributed by atoms with Crippen LogP contribution < -0.4 is 5.32 Å². The molecular formula is C5H9N3OS. The molecule has 1 heterocycles. The van der Waals surface area contributed by atoms with Gasteiger partial charge in [0.2, 0.25) is 5.13 Å². The zero-order valence-electron chi connectivity index (χ0n) is 5.61. The van der Waals surface area contributed by atoms with E-state index in [0.29, 0.717) is 6.54 Å². The fraction of sp³-hybridized carbons (Fsp3) is 0.600. The smallest absolute Gasteiger partial charge is 0.202 e. The Morgan fingerprint density at radius 1 is 1.90 bits per heavy atom. The van der Waals surface area contributed by atoms with Crippen molar-refractivity contribution < 1.29 is 5.11 Å². The molecule has 2 N–H and O–H groups in total. The molecular weight excluding hydrogens is 150 g/mol. The van der Waals surface area contributed by atoms with Crippen molar-refractivity contribution in [3.8, 4) is 0 Å². The van der Waals surface area contributed by atoms with Crippen LogP contribution in [-0.2, 0) is 0 Å². The molecule has 0 spiro atoms. The minimum Gasteiger partial charge on any atom is -0.392 e. The summed E-state index contributed by atoms with van der Waals surface area (Å²) in [7, 11) is 0. The number of aliphatic hydroxyl groups excluding tert-OH is 1. The molecule has 0 aliphatic carbocycles. The maximum atomic E-state index is 8.85. The fourth-order valence-corrected chi connectivity index (χ4v) is 0.922. The highest BCUT2D eigenvalue weighted by atomic mass is 32.1. The summed E-state index contributed by atoms with van der Waals surface area (Å²) in [6.45, 7) is 2.24. The van der Waals surface area contributed by atoms with Gasteiger partial charge in [-0.2, -0.15) is 4.37 Å². The number of aromatic nitrogens is 2. The molecule has 0 aliphatic heterocycles. The van der Waals surface area contributed by atoms with E-state index in [9.17, 15) is 0 Å². The summed E-state index contributed by atoms with van der Waals surface area (Å²) >= 11 is 1.28. The van der Waals surface area contributed by atoms with Crippen LogP contribution >= 0.6 is 11.5 Å². The van der Waals surface area contributed by atoms with Crippen molar-refractivity contribution in [2.24, 2.45) is 0 Å². The second kappa shape index (κ2) is 3.48. The third-order valence-corrected chi connectivity index (χ3v) is 1.53. The van der Waals surface area contributed by atoms with Crippen molar-refractivity contribution in [1.82, 2.24) is 9.36 Å². The molecule has 0 aliphatic rings. The number of hydrogen-bond donors (Lipinski definition) is 2. The lowest BCUT2D eigenvalue weighted by atomic mass is 10.4. The Balaban J connectivity index is 2.28. The van der Waals surface area contributed by atoms with Gasteiger partial charge in [-0.3, -0.25) is 0 Å². The molecule has 0 saturated heterocycles. The van der Waals surface area contributed by atoms with Crippen molar-refractivity contribution in [2.45, 2.75) is 13.0 Å². The number of nitrogens with zero attached hydrogens (tertiary/aromatic N) is 2. The first kappa shape index (κ1) is 7.43. The van der Waals surface area contributed by atoms with Crippen molar-refractivity contribution in [3.05, 3.63) is 6.33 Å². The topological polar surface area (TPSA) is 58.0 Å². The van der Waals surface area contributed by atoms with E-state index in [1.807, 2.05) is 0 Å². The van der Waals surface area contributed by atoms with Crippen LogP contribution in [0.3, 0.4) is 0 Å². The van der Waals surface area contributed by atoms with Crippen LogP contribution in [0, 0.1) is 0 Å². The molecule has 4 nitrogen and oxygen atoms in total. The van der Waals surface area contributed by atoms with E-state index in [4.69, 9.17) is 5.11 Å². The van der Waals surface area contributed by atoms with Gasteiger partial charge in [0.25, 0.3) is 0 Å². The molecule has 0 amide bonds. The SMILES string of the molecule is C[C@H](O)CNc1ncns1. The summed E-state index contributed by atoms with van der Waals surface area (Å²) in [5.74, 6) is 0.